The van der Waals surface area contributed by atoms with Crippen LogP contribution in [0.15, 0.2) is 71.1 Å². The number of nitrogens with one attached hydrogen (secondary N) is 1. The smallest absolute Gasteiger partial charge is 0.332 e. The molecular weight excluding hydrogens is 404 g/mol. The number of amides is 1. The fraction of sp³-hybridized carbons (Fsp3) is 0.136. The van der Waals surface area contributed by atoms with Crippen molar-refractivity contribution in [3.8, 4) is 16.5 Å². The zero-order chi connectivity index (χ0) is 21.1. The minimum absolute atomic E-state index is 0.00329. The van der Waals surface area contributed by atoms with Crippen LogP contribution in [0.3, 0.4) is 0 Å². The van der Waals surface area contributed by atoms with Gasteiger partial charge in [0.2, 0.25) is 0 Å². The number of carbonyl (C=O) groups is 2. The maximum Gasteiger partial charge on any atom is 0.332 e. The van der Waals surface area contributed by atoms with Crippen LogP contribution >= 0.6 is 11.3 Å². The van der Waals surface area contributed by atoms with Gasteiger partial charge in [-0.2, -0.15) is 0 Å². The highest BCUT2D eigenvalue weighted by molar-refractivity contribution is 7.21. The molecule has 0 spiro atoms. The van der Waals surface area contributed by atoms with Crippen LogP contribution in [-0.4, -0.2) is 34.1 Å². The van der Waals surface area contributed by atoms with E-state index in [0.29, 0.717) is 16.5 Å². The van der Waals surface area contributed by atoms with Crippen molar-refractivity contribution in [3.05, 3.63) is 72.5 Å². The molecule has 0 aliphatic heterocycles. The predicted molar refractivity (Wildman–Crippen MR) is 113 cm³/mol. The van der Waals surface area contributed by atoms with Crippen molar-refractivity contribution in [2.24, 2.45) is 0 Å². The highest BCUT2D eigenvalue weighted by atomic mass is 32.1. The number of aliphatic carboxylic acids is 1. The van der Waals surface area contributed by atoms with Crippen molar-refractivity contribution in [2.75, 3.05) is 6.61 Å². The number of benzene rings is 2. The van der Waals surface area contributed by atoms with Crippen LogP contribution in [-0.2, 0) is 4.79 Å². The monoisotopic (exact) mass is 422 g/mol. The Bertz CT molecular complexity index is 1170. The molecule has 1 amide bonds. The van der Waals surface area contributed by atoms with E-state index in [4.69, 9.17) is 9.15 Å². The number of hydrogen-bond donors (Lipinski definition) is 2. The third kappa shape index (κ3) is 4.04. The summed E-state index contributed by atoms with van der Waals surface area (Å²) in [5.74, 6) is -0.917. The van der Waals surface area contributed by atoms with Crippen LogP contribution in [0, 0.1) is 0 Å². The van der Waals surface area contributed by atoms with Crippen molar-refractivity contribution >= 4 is 33.4 Å². The minimum Gasteiger partial charge on any atom is -0.491 e. The van der Waals surface area contributed by atoms with Gasteiger partial charge in [0, 0.05) is 0 Å². The van der Waals surface area contributed by atoms with Gasteiger partial charge in [0.25, 0.3) is 5.91 Å². The molecule has 0 radical (unpaired) electrons. The lowest BCUT2D eigenvalue weighted by molar-refractivity contribution is -0.145. The number of ether oxygens (including phenoxy) is 1. The number of aromatic nitrogens is 1. The fourth-order valence-electron chi connectivity index (χ4n) is 2.76. The number of nitrogens with zero attached hydrogens (tertiary/aromatic N) is 1. The SMILES string of the molecule is CC(COc1ccccc1)(NC(=O)c1ccc(-c2nc3ccccc3s2)o1)C(=O)O. The van der Waals surface area contributed by atoms with Gasteiger partial charge >= 0.3 is 5.97 Å². The molecule has 30 heavy (non-hydrogen) atoms. The Morgan fingerprint density at radius 3 is 2.57 bits per heavy atom. The molecule has 1 atom stereocenters. The Hall–Kier alpha value is -3.65. The quantitative estimate of drug-likeness (QED) is 0.463. The van der Waals surface area contributed by atoms with E-state index in [2.05, 4.69) is 10.3 Å². The molecule has 2 aromatic carbocycles. The van der Waals surface area contributed by atoms with E-state index >= 15 is 0 Å². The maximum atomic E-state index is 12.7. The van der Waals surface area contributed by atoms with E-state index in [1.807, 2.05) is 30.3 Å². The van der Waals surface area contributed by atoms with Gasteiger partial charge in [-0.05, 0) is 43.3 Å². The summed E-state index contributed by atoms with van der Waals surface area (Å²) in [6, 6.07) is 19.6. The van der Waals surface area contributed by atoms with Crippen molar-refractivity contribution in [3.63, 3.8) is 0 Å². The molecule has 0 saturated carbocycles. The first kappa shape index (κ1) is 19.7. The van der Waals surface area contributed by atoms with Crippen LogP contribution < -0.4 is 10.1 Å². The second-order valence-corrected chi connectivity index (χ2v) is 7.87. The van der Waals surface area contributed by atoms with Gasteiger partial charge in [0.15, 0.2) is 22.1 Å². The molecule has 0 fully saturated rings. The van der Waals surface area contributed by atoms with E-state index in [9.17, 15) is 14.7 Å². The number of fused-ring (bicyclic) bond motifs is 1. The molecule has 1 unspecified atom stereocenters. The largest absolute Gasteiger partial charge is 0.491 e. The Morgan fingerprint density at radius 2 is 1.83 bits per heavy atom. The maximum absolute atomic E-state index is 12.7. The van der Waals surface area contributed by atoms with Crippen LogP contribution in [0.2, 0.25) is 0 Å². The van der Waals surface area contributed by atoms with E-state index in [1.165, 1.54) is 24.3 Å². The van der Waals surface area contributed by atoms with E-state index in [-0.39, 0.29) is 12.4 Å². The number of thiazole rings is 1. The molecular formula is C22H18N2O5S. The summed E-state index contributed by atoms with van der Waals surface area (Å²) in [5, 5.41) is 12.8. The topological polar surface area (TPSA) is 102 Å². The Morgan fingerprint density at radius 1 is 1.10 bits per heavy atom. The van der Waals surface area contributed by atoms with Crippen LogP contribution in [0.25, 0.3) is 21.0 Å². The lowest BCUT2D eigenvalue weighted by Crippen LogP contribution is -2.56. The van der Waals surface area contributed by atoms with Crippen molar-refractivity contribution in [2.45, 2.75) is 12.5 Å². The summed E-state index contributed by atoms with van der Waals surface area (Å²) < 4.78 is 12.2. The van der Waals surface area contributed by atoms with Crippen molar-refractivity contribution in [1.82, 2.24) is 10.3 Å². The highest BCUT2D eigenvalue weighted by Gasteiger charge is 2.37. The summed E-state index contributed by atoms with van der Waals surface area (Å²) in [6.07, 6.45) is 0. The van der Waals surface area contributed by atoms with Gasteiger partial charge in [-0.3, -0.25) is 4.79 Å². The Balaban J connectivity index is 1.49. The fourth-order valence-corrected chi connectivity index (χ4v) is 3.69. The molecule has 8 heteroatoms. The molecule has 2 aromatic heterocycles. The van der Waals surface area contributed by atoms with Gasteiger partial charge in [-0.1, -0.05) is 30.3 Å². The molecule has 4 aromatic rings. The van der Waals surface area contributed by atoms with E-state index in [1.54, 1.807) is 30.3 Å². The Kier molecular flexibility index (Phi) is 5.24. The summed E-state index contributed by atoms with van der Waals surface area (Å²) >= 11 is 1.45. The van der Waals surface area contributed by atoms with Gasteiger partial charge in [0.1, 0.15) is 12.4 Å². The molecule has 4 rings (SSSR count). The zero-order valence-corrected chi connectivity index (χ0v) is 16.8. The highest BCUT2D eigenvalue weighted by Crippen LogP contribution is 2.31. The van der Waals surface area contributed by atoms with Gasteiger partial charge in [0.05, 0.1) is 10.2 Å². The standard InChI is InChI=1S/C22H18N2O5S/c1-22(21(26)27,13-28-14-7-3-2-4-8-14)24-19(25)16-11-12-17(29-16)20-23-15-9-5-6-10-18(15)30-20/h2-12H,13H2,1H3,(H,24,25)(H,26,27). The Labute approximate surface area is 175 Å². The third-order valence-corrected chi connectivity index (χ3v) is 5.52. The number of carboxylic acid groups (broad SMARTS) is 1. The lowest BCUT2D eigenvalue weighted by Gasteiger charge is -2.25. The molecule has 0 bridgehead atoms. The minimum atomic E-state index is -1.64. The molecule has 152 valence electrons. The predicted octanol–water partition coefficient (Wildman–Crippen LogP) is 4.21. The first-order valence-electron chi connectivity index (χ1n) is 9.14. The number of carboxylic acids is 1. The number of para-hydroxylation sites is 2. The number of carbonyl (C=O) groups excluding carboxylic acids is 1. The van der Waals surface area contributed by atoms with E-state index < -0.39 is 17.4 Å². The normalized spacial score (nSPS) is 13.0. The van der Waals surface area contributed by atoms with Gasteiger partial charge < -0.3 is 19.6 Å². The summed E-state index contributed by atoms with van der Waals surface area (Å²) in [6.45, 7) is 1.14. The van der Waals surface area contributed by atoms with Crippen LogP contribution in [0.1, 0.15) is 17.5 Å². The average Bonchev–Trinajstić information content (AvgIpc) is 3.40. The zero-order valence-electron chi connectivity index (χ0n) is 16.0. The number of rotatable bonds is 7. The van der Waals surface area contributed by atoms with Crippen LogP contribution in [0.4, 0.5) is 0 Å². The number of furan rings is 1. The third-order valence-electron chi connectivity index (χ3n) is 4.47. The summed E-state index contributed by atoms with van der Waals surface area (Å²) in [5.41, 5.74) is -0.799. The van der Waals surface area contributed by atoms with Gasteiger partial charge in [-0.25, -0.2) is 9.78 Å². The second-order valence-electron chi connectivity index (χ2n) is 6.84. The average molecular weight is 422 g/mol. The summed E-state index contributed by atoms with van der Waals surface area (Å²) in [4.78, 5) is 29.0. The first-order chi connectivity index (χ1) is 14.4. The van der Waals surface area contributed by atoms with E-state index in [0.717, 1.165) is 10.2 Å². The molecule has 2 heterocycles. The number of hydrogen-bond acceptors (Lipinski definition) is 6. The lowest BCUT2D eigenvalue weighted by atomic mass is 10.0. The first-order valence-corrected chi connectivity index (χ1v) is 9.96. The molecule has 0 aliphatic carbocycles. The van der Waals surface area contributed by atoms with Crippen LogP contribution in [0.5, 0.6) is 5.75 Å². The second kappa shape index (κ2) is 8.00. The van der Waals surface area contributed by atoms with Crippen molar-refractivity contribution in [1.29, 1.82) is 0 Å². The van der Waals surface area contributed by atoms with Gasteiger partial charge in [-0.15, -0.1) is 11.3 Å². The summed E-state index contributed by atoms with van der Waals surface area (Å²) in [7, 11) is 0. The molecule has 0 aliphatic rings. The molecule has 0 saturated heterocycles. The molecule has 2 N–H and O–H groups in total. The molecule has 7 nitrogen and oxygen atoms in total. The van der Waals surface area contributed by atoms with Crippen molar-refractivity contribution < 1.29 is 23.8 Å².